The van der Waals surface area contributed by atoms with E-state index in [-0.39, 0.29) is 23.9 Å². The molecule has 0 aromatic heterocycles. The minimum atomic E-state index is -3.86. The van der Waals surface area contributed by atoms with Crippen LogP contribution in [0, 0.1) is 5.82 Å². The van der Waals surface area contributed by atoms with Crippen LogP contribution in [0.25, 0.3) is 0 Å². The highest BCUT2D eigenvalue weighted by Gasteiger charge is 2.32. The topological polar surface area (TPSA) is 96.0 Å². The molecular formula is C22H28FN3O5S. The van der Waals surface area contributed by atoms with Crippen molar-refractivity contribution in [2.45, 2.75) is 25.9 Å². The summed E-state index contributed by atoms with van der Waals surface area (Å²) in [5, 5.41) is 2.54. The fraction of sp³-hybridized carbons (Fsp3) is 0.364. The third kappa shape index (κ3) is 6.19. The Morgan fingerprint density at radius 2 is 1.75 bits per heavy atom. The van der Waals surface area contributed by atoms with E-state index in [0.717, 1.165) is 10.6 Å². The molecule has 10 heteroatoms. The van der Waals surface area contributed by atoms with E-state index in [1.807, 2.05) is 0 Å². The Kier molecular flexibility index (Phi) is 8.59. The first-order valence-electron chi connectivity index (χ1n) is 9.98. The smallest absolute Gasteiger partial charge is 0.244 e. The van der Waals surface area contributed by atoms with Crippen molar-refractivity contribution in [2.24, 2.45) is 0 Å². The lowest BCUT2D eigenvalue weighted by Gasteiger charge is -2.32. The van der Waals surface area contributed by atoms with E-state index in [0.29, 0.717) is 12.0 Å². The zero-order chi connectivity index (χ0) is 23.9. The molecule has 174 valence electrons. The molecule has 8 nitrogen and oxygen atoms in total. The summed E-state index contributed by atoms with van der Waals surface area (Å²) in [5.74, 6) is -1.11. The number of methoxy groups -OCH3 is 1. The summed E-state index contributed by atoms with van der Waals surface area (Å²) in [6.45, 7) is 1.22. The van der Waals surface area contributed by atoms with Crippen molar-refractivity contribution in [1.82, 2.24) is 10.2 Å². The summed E-state index contributed by atoms with van der Waals surface area (Å²) in [6.07, 6.45) is 1.30. The maximum absolute atomic E-state index is 13.4. The maximum Gasteiger partial charge on any atom is 0.244 e. The van der Waals surface area contributed by atoms with Gasteiger partial charge in [0, 0.05) is 13.6 Å². The van der Waals surface area contributed by atoms with Gasteiger partial charge < -0.3 is 15.0 Å². The van der Waals surface area contributed by atoms with Gasteiger partial charge in [0.25, 0.3) is 0 Å². The highest BCUT2D eigenvalue weighted by Crippen LogP contribution is 2.29. The molecule has 1 N–H and O–H groups in total. The predicted molar refractivity (Wildman–Crippen MR) is 120 cm³/mol. The lowest BCUT2D eigenvalue weighted by molar-refractivity contribution is -0.140. The summed E-state index contributed by atoms with van der Waals surface area (Å²) in [4.78, 5) is 27.2. The van der Waals surface area contributed by atoms with Gasteiger partial charge in [0.15, 0.2) is 0 Å². The number of para-hydroxylation sites is 2. The van der Waals surface area contributed by atoms with Gasteiger partial charge >= 0.3 is 0 Å². The molecule has 0 aliphatic rings. The van der Waals surface area contributed by atoms with E-state index in [2.05, 4.69) is 5.32 Å². The van der Waals surface area contributed by atoms with E-state index in [1.165, 1.54) is 49.4 Å². The number of rotatable bonds is 10. The fourth-order valence-corrected chi connectivity index (χ4v) is 4.16. The molecule has 0 saturated heterocycles. The summed E-state index contributed by atoms with van der Waals surface area (Å²) >= 11 is 0. The molecule has 2 aromatic rings. The van der Waals surface area contributed by atoms with E-state index in [9.17, 15) is 22.4 Å². The zero-order valence-corrected chi connectivity index (χ0v) is 19.4. The van der Waals surface area contributed by atoms with Crippen molar-refractivity contribution in [3.05, 3.63) is 59.9 Å². The number of nitrogens with one attached hydrogen (secondary N) is 1. The summed E-state index contributed by atoms with van der Waals surface area (Å²) in [5.41, 5.74) is 0.811. The fourth-order valence-electron chi connectivity index (χ4n) is 3.30. The van der Waals surface area contributed by atoms with Crippen LogP contribution in [0.15, 0.2) is 48.5 Å². The van der Waals surface area contributed by atoms with Crippen molar-refractivity contribution >= 4 is 27.5 Å². The molecule has 2 rings (SSSR count). The molecule has 0 bridgehead atoms. The van der Waals surface area contributed by atoms with Gasteiger partial charge in [-0.3, -0.25) is 13.9 Å². The Hall–Kier alpha value is -3.14. The highest BCUT2D eigenvalue weighted by atomic mass is 32.2. The van der Waals surface area contributed by atoms with Crippen molar-refractivity contribution < 1.29 is 27.1 Å². The number of amides is 2. The third-order valence-corrected chi connectivity index (χ3v) is 6.06. The van der Waals surface area contributed by atoms with Gasteiger partial charge in [-0.1, -0.05) is 31.2 Å². The second-order valence-corrected chi connectivity index (χ2v) is 9.03. The number of carbonyl (C=O) groups excluding carboxylic acids is 2. The number of benzene rings is 2. The van der Waals surface area contributed by atoms with Crippen molar-refractivity contribution in [3.8, 4) is 5.75 Å². The van der Waals surface area contributed by atoms with E-state index < -0.39 is 34.3 Å². The first kappa shape index (κ1) is 25.1. The Labute approximate surface area is 188 Å². The Bertz CT molecular complexity index is 1040. The number of halogens is 1. The van der Waals surface area contributed by atoms with Crippen LogP contribution in [0.1, 0.15) is 18.9 Å². The zero-order valence-electron chi connectivity index (χ0n) is 18.5. The van der Waals surface area contributed by atoms with Crippen LogP contribution in [0.2, 0.25) is 0 Å². The van der Waals surface area contributed by atoms with Gasteiger partial charge in [-0.15, -0.1) is 0 Å². The van der Waals surface area contributed by atoms with Crippen LogP contribution in [0.3, 0.4) is 0 Å². The minimum absolute atomic E-state index is 0.00850. The molecule has 0 aliphatic heterocycles. The molecule has 2 amide bonds. The number of carbonyl (C=O) groups is 2. The molecule has 0 heterocycles. The second kappa shape index (κ2) is 10.9. The van der Waals surface area contributed by atoms with Gasteiger partial charge in [-0.2, -0.15) is 0 Å². The van der Waals surface area contributed by atoms with E-state index in [1.54, 1.807) is 25.1 Å². The monoisotopic (exact) mass is 465 g/mol. The number of sulfonamides is 1. The number of nitrogens with zero attached hydrogens (tertiary/aromatic N) is 2. The average Bonchev–Trinajstić information content (AvgIpc) is 2.77. The molecule has 1 atom stereocenters. The molecule has 1 unspecified atom stereocenters. The van der Waals surface area contributed by atoms with E-state index >= 15 is 0 Å². The first-order chi connectivity index (χ1) is 15.1. The van der Waals surface area contributed by atoms with Crippen LogP contribution >= 0.6 is 0 Å². The average molecular weight is 466 g/mol. The van der Waals surface area contributed by atoms with Crippen molar-refractivity contribution in [3.63, 3.8) is 0 Å². The number of ether oxygens (including phenoxy) is 1. The lowest BCUT2D eigenvalue weighted by atomic mass is 10.1. The van der Waals surface area contributed by atoms with Gasteiger partial charge in [-0.05, 0) is 36.2 Å². The Balaban J connectivity index is 2.45. The predicted octanol–water partition coefficient (Wildman–Crippen LogP) is 2.15. The number of hydrogen-bond acceptors (Lipinski definition) is 5. The lowest BCUT2D eigenvalue weighted by Crippen LogP contribution is -2.51. The van der Waals surface area contributed by atoms with Crippen LogP contribution in [-0.4, -0.2) is 58.1 Å². The van der Waals surface area contributed by atoms with E-state index in [4.69, 9.17) is 4.74 Å². The highest BCUT2D eigenvalue weighted by molar-refractivity contribution is 7.92. The number of hydrogen-bond donors (Lipinski definition) is 1. The first-order valence-corrected chi connectivity index (χ1v) is 11.8. The Morgan fingerprint density at radius 1 is 1.12 bits per heavy atom. The molecule has 0 saturated carbocycles. The molecule has 0 aliphatic carbocycles. The van der Waals surface area contributed by atoms with Gasteiger partial charge in [0.05, 0.1) is 19.1 Å². The molecule has 2 aromatic carbocycles. The standard InChI is InChI=1S/C22H28FN3O5S/c1-5-18(22(28)24-2)25(14-16-10-12-17(23)13-11-16)21(27)15-26(32(4,29)30)19-8-6-7-9-20(19)31-3/h6-13,18H,5,14-15H2,1-4H3,(H,24,28). The third-order valence-electron chi connectivity index (χ3n) is 4.93. The maximum atomic E-state index is 13.4. The summed E-state index contributed by atoms with van der Waals surface area (Å²) < 4.78 is 44.7. The minimum Gasteiger partial charge on any atom is -0.495 e. The molecular weight excluding hydrogens is 437 g/mol. The van der Waals surface area contributed by atoms with Gasteiger partial charge in [-0.25, -0.2) is 12.8 Å². The van der Waals surface area contributed by atoms with Crippen molar-refractivity contribution in [1.29, 1.82) is 0 Å². The summed E-state index contributed by atoms with van der Waals surface area (Å²) in [7, 11) is -0.995. The second-order valence-electron chi connectivity index (χ2n) is 7.13. The number of anilines is 1. The number of likely N-dealkylation sites (N-methyl/N-ethyl adjacent to an activating group) is 1. The van der Waals surface area contributed by atoms with Crippen LogP contribution in [0.5, 0.6) is 5.75 Å². The molecule has 0 radical (unpaired) electrons. The van der Waals surface area contributed by atoms with Crippen LogP contribution < -0.4 is 14.4 Å². The van der Waals surface area contributed by atoms with Gasteiger partial charge in [0.1, 0.15) is 24.2 Å². The summed E-state index contributed by atoms with van der Waals surface area (Å²) in [6, 6.07) is 11.2. The molecule has 0 fully saturated rings. The SMILES string of the molecule is CCC(C(=O)NC)N(Cc1ccc(F)cc1)C(=O)CN(c1ccccc1OC)S(C)(=O)=O. The van der Waals surface area contributed by atoms with Crippen molar-refractivity contribution in [2.75, 3.05) is 31.3 Å². The molecule has 32 heavy (non-hydrogen) atoms. The van der Waals surface area contributed by atoms with Crippen LogP contribution in [-0.2, 0) is 26.2 Å². The quantitative estimate of drug-likeness (QED) is 0.580. The Morgan fingerprint density at radius 3 is 2.28 bits per heavy atom. The molecule has 0 spiro atoms. The normalized spacial score (nSPS) is 12.0. The van der Waals surface area contributed by atoms with Crippen LogP contribution in [0.4, 0.5) is 10.1 Å². The largest absolute Gasteiger partial charge is 0.495 e. The van der Waals surface area contributed by atoms with Gasteiger partial charge in [0.2, 0.25) is 21.8 Å².